The minimum Gasteiger partial charge on any atom is -0.310 e. The van der Waals surface area contributed by atoms with Crippen LogP contribution in [0.15, 0.2) is 224 Å². The van der Waals surface area contributed by atoms with E-state index in [0.29, 0.717) is 5.92 Å². The highest BCUT2D eigenvalue weighted by molar-refractivity contribution is 6.10. The third kappa shape index (κ3) is 7.15. The summed E-state index contributed by atoms with van der Waals surface area (Å²) in [6.45, 7) is 2.26. The summed E-state index contributed by atoms with van der Waals surface area (Å²) >= 11 is 0. The van der Waals surface area contributed by atoms with Crippen molar-refractivity contribution in [2.45, 2.75) is 13.3 Å². The molecule has 0 saturated heterocycles. The van der Waals surface area contributed by atoms with Crippen molar-refractivity contribution in [1.82, 2.24) is 9.13 Å². The molecule has 1 atom stereocenters. The number of hydrogen-bond donors (Lipinski definition) is 0. The molecule has 2 aromatic heterocycles. The van der Waals surface area contributed by atoms with E-state index in [2.05, 4.69) is 196 Å². The summed E-state index contributed by atoms with van der Waals surface area (Å²) < 4.78 is 32.5. The van der Waals surface area contributed by atoms with Gasteiger partial charge in [0.25, 0.3) is 0 Å². The minimum atomic E-state index is -0.254. The van der Waals surface area contributed by atoms with Crippen LogP contribution in [0, 0.1) is 17.6 Å². The molecule has 0 bridgehead atoms. The quantitative estimate of drug-likeness (QED) is 0.144. The lowest BCUT2D eigenvalue weighted by Crippen LogP contribution is -2.10. The largest absolute Gasteiger partial charge is 0.310 e. The summed E-state index contributed by atoms with van der Waals surface area (Å²) in [7, 11) is 0. The zero-order chi connectivity index (χ0) is 45.0. The lowest BCUT2D eigenvalue weighted by Gasteiger charge is -2.26. The van der Waals surface area contributed by atoms with Crippen LogP contribution in [0.3, 0.4) is 0 Å². The Bertz CT molecular complexity index is 3610. The SMILES string of the molecule is CC1C=Cc2c(c3cc(N(c4ccccc4)c4ccc(-c5ccc(N(c6ccccc6)c6ccc7c(c6)c6ccccc6n7-c6ccc(F)cc6)cc5)cc4)ccc3n2-c2ccc(F)cc2)C1. The number of para-hydroxylation sites is 3. The van der Waals surface area contributed by atoms with Gasteiger partial charge < -0.3 is 18.9 Å². The normalized spacial score (nSPS) is 13.3. The fourth-order valence-electron chi connectivity index (χ4n) is 10.0. The average Bonchev–Trinajstić information content (AvgIpc) is 3.87. The molecule has 0 fully saturated rings. The van der Waals surface area contributed by atoms with E-state index < -0.39 is 0 Å². The van der Waals surface area contributed by atoms with Gasteiger partial charge in [0, 0.05) is 67.4 Å². The van der Waals surface area contributed by atoms with Crippen molar-refractivity contribution in [2.75, 3.05) is 9.80 Å². The molecule has 12 rings (SSSR count). The van der Waals surface area contributed by atoms with Crippen LogP contribution in [0.25, 0.3) is 61.3 Å². The van der Waals surface area contributed by atoms with Crippen molar-refractivity contribution < 1.29 is 8.78 Å². The lowest BCUT2D eigenvalue weighted by atomic mass is 9.93. The second kappa shape index (κ2) is 16.5. The van der Waals surface area contributed by atoms with E-state index in [1.165, 1.54) is 35.2 Å². The van der Waals surface area contributed by atoms with Gasteiger partial charge >= 0.3 is 0 Å². The second-order valence-corrected chi connectivity index (χ2v) is 17.4. The molecule has 9 aromatic carbocycles. The molecule has 322 valence electrons. The van der Waals surface area contributed by atoms with E-state index in [9.17, 15) is 8.78 Å². The van der Waals surface area contributed by atoms with Crippen LogP contribution < -0.4 is 9.80 Å². The molecular weight excluding hydrogens is 827 g/mol. The molecule has 0 amide bonds. The highest BCUT2D eigenvalue weighted by atomic mass is 19.1. The van der Waals surface area contributed by atoms with Gasteiger partial charge in [-0.15, -0.1) is 0 Å². The Labute approximate surface area is 388 Å². The van der Waals surface area contributed by atoms with Gasteiger partial charge in [0.05, 0.1) is 16.6 Å². The summed E-state index contributed by atoms with van der Waals surface area (Å²) in [6, 6.07) is 73.8. The van der Waals surface area contributed by atoms with E-state index in [-0.39, 0.29) is 11.6 Å². The molecule has 0 radical (unpaired) electrons. The molecule has 4 nitrogen and oxygen atoms in total. The van der Waals surface area contributed by atoms with Gasteiger partial charge in [-0.2, -0.15) is 0 Å². The van der Waals surface area contributed by atoms with Gasteiger partial charge in [-0.1, -0.05) is 91.9 Å². The lowest BCUT2D eigenvalue weighted by molar-refractivity contribution is 0.627. The molecule has 67 heavy (non-hydrogen) atoms. The van der Waals surface area contributed by atoms with E-state index >= 15 is 0 Å². The zero-order valence-electron chi connectivity index (χ0n) is 36.8. The van der Waals surface area contributed by atoms with Crippen molar-refractivity contribution in [2.24, 2.45) is 5.92 Å². The van der Waals surface area contributed by atoms with Crippen LogP contribution >= 0.6 is 0 Å². The van der Waals surface area contributed by atoms with Crippen molar-refractivity contribution in [3.63, 3.8) is 0 Å². The number of anilines is 6. The number of allylic oxidation sites excluding steroid dienone is 1. The molecule has 0 N–H and O–H groups in total. The molecule has 1 unspecified atom stereocenters. The molecule has 1 aliphatic carbocycles. The van der Waals surface area contributed by atoms with Gasteiger partial charge in [-0.25, -0.2) is 8.78 Å². The van der Waals surface area contributed by atoms with Gasteiger partial charge in [0.15, 0.2) is 0 Å². The number of halogens is 2. The number of hydrogen-bond acceptors (Lipinski definition) is 2. The van der Waals surface area contributed by atoms with Crippen molar-refractivity contribution in [1.29, 1.82) is 0 Å². The number of aromatic nitrogens is 2. The molecule has 0 spiro atoms. The summed E-state index contributed by atoms with van der Waals surface area (Å²) in [5.74, 6) is -0.0838. The Morgan fingerprint density at radius 1 is 0.403 bits per heavy atom. The molecule has 2 heterocycles. The Morgan fingerprint density at radius 3 is 1.39 bits per heavy atom. The van der Waals surface area contributed by atoms with Crippen molar-refractivity contribution in [3.8, 4) is 22.5 Å². The number of fused-ring (bicyclic) bond motifs is 6. The van der Waals surface area contributed by atoms with Crippen LogP contribution in [0.2, 0.25) is 0 Å². The van der Waals surface area contributed by atoms with E-state index in [4.69, 9.17) is 0 Å². The van der Waals surface area contributed by atoms with Crippen LogP contribution in [0.4, 0.5) is 42.9 Å². The Morgan fingerprint density at radius 2 is 0.836 bits per heavy atom. The Hall–Kier alpha value is -8.48. The molecule has 11 aromatic rings. The first-order chi connectivity index (χ1) is 32.9. The summed E-state index contributed by atoms with van der Waals surface area (Å²) in [4.78, 5) is 4.62. The first-order valence-electron chi connectivity index (χ1n) is 22.8. The van der Waals surface area contributed by atoms with Crippen LogP contribution in [0.5, 0.6) is 0 Å². The third-order valence-corrected chi connectivity index (χ3v) is 13.2. The smallest absolute Gasteiger partial charge is 0.123 e. The van der Waals surface area contributed by atoms with E-state index in [0.717, 1.165) is 96.1 Å². The predicted octanol–water partition coefficient (Wildman–Crippen LogP) is 16.8. The fraction of sp³-hybridized carbons (Fsp3) is 0.0492. The van der Waals surface area contributed by atoms with Crippen LogP contribution in [0.1, 0.15) is 18.2 Å². The van der Waals surface area contributed by atoms with Gasteiger partial charge in [-0.3, -0.25) is 0 Å². The number of rotatable bonds is 9. The van der Waals surface area contributed by atoms with E-state index in [1.54, 1.807) is 0 Å². The summed E-state index contributed by atoms with van der Waals surface area (Å²) in [6.07, 6.45) is 5.43. The van der Waals surface area contributed by atoms with E-state index in [1.807, 2.05) is 36.4 Å². The van der Waals surface area contributed by atoms with Gasteiger partial charge in [-0.05, 0) is 175 Å². The number of benzene rings is 9. The highest BCUT2D eigenvalue weighted by Crippen LogP contribution is 2.43. The Kier molecular flexibility index (Phi) is 9.87. The summed E-state index contributed by atoms with van der Waals surface area (Å²) in [5, 5.41) is 3.45. The maximum absolute atomic E-state index is 14.1. The second-order valence-electron chi connectivity index (χ2n) is 17.4. The molecule has 1 aliphatic rings. The monoisotopic (exact) mass is 870 g/mol. The third-order valence-electron chi connectivity index (χ3n) is 13.2. The zero-order valence-corrected chi connectivity index (χ0v) is 36.8. The summed E-state index contributed by atoms with van der Waals surface area (Å²) in [5.41, 5.74) is 16.1. The van der Waals surface area contributed by atoms with Gasteiger partial charge in [0.2, 0.25) is 0 Å². The van der Waals surface area contributed by atoms with Gasteiger partial charge in [0.1, 0.15) is 11.6 Å². The molecule has 6 heteroatoms. The average molecular weight is 871 g/mol. The first kappa shape index (κ1) is 40.1. The molecule has 0 aliphatic heterocycles. The Balaban J connectivity index is 0.896. The van der Waals surface area contributed by atoms with Crippen molar-refractivity contribution >= 4 is 72.9 Å². The predicted molar refractivity (Wildman–Crippen MR) is 274 cm³/mol. The standard InChI is InChI=1S/C61H44F2N4/c1-41-16-35-59-55(38-41)57-40-53(34-37-61(57)67(59)51-31-23-45(63)24-32-51)65(47-12-6-3-7-13-47)49-27-19-43(20-28-49)42-17-25-48(26-18-42)64(46-10-4-2-5-11-46)52-33-36-60-56(39-52)54-14-8-9-15-58(54)66(60)50-29-21-44(62)22-30-50/h2-37,39-41H,38H2,1H3. The van der Waals surface area contributed by atoms with Crippen molar-refractivity contribution in [3.05, 3.63) is 247 Å². The maximum Gasteiger partial charge on any atom is 0.123 e. The van der Waals surface area contributed by atoms with Crippen LogP contribution in [-0.4, -0.2) is 9.13 Å². The number of nitrogens with zero attached hydrogens (tertiary/aromatic N) is 4. The first-order valence-corrected chi connectivity index (χ1v) is 22.8. The minimum absolute atomic E-state index is 0.242. The maximum atomic E-state index is 14.1. The topological polar surface area (TPSA) is 16.3 Å². The fourth-order valence-corrected chi connectivity index (χ4v) is 10.0. The highest BCUT2D eigenvalue weighted by Gasteiger charge is 2.24. The molecular formula is C61H44F2N4. The van der Waals surface area contributed by atoms with Crippen LogP contribution in [-0.2, 0) is 6.42 Å². The molecule has 0 saturated carbocycles.